The highest BCUT2D eigenvalue weighted by atomic mass is 16.6. The average molecular weight is 428 g/mol. The van der Waals surface area contributed by atoms with E-state index >= 15 is 0 Å². The van der Waals surface area contributed by atoms with E-state index < -0.39 is 23.9 Å². The van der Waals surface area contributed by atoms with E-state index in [4.69, 9.17) is 14.2 Å². The molecule has 1 aromatic heterocycles. The highest BCUT2D eigenvalue weighted by molar-refractivity contribution is 5.98. The van der Waals surface area contributed by atoms with Crippen molar-refractivity contribution in [3.8, 4) is 11.5 Å². The summed E-state index contributed by atoms with van der Waals surface area (Å²) in [6, 6.07) is 10.2. The molecule has 0 spiro atoms. The van der Waals surface area contributed by atoms with E-state index in [1.54, 1.807) is 20.8 Å². The molecule has 2 atom stereocenters. The number of pyridine rings is 1. The van der Waals surface area contributed by atoms with Gasteiger partial charge in [-0.1, -0.05) is 44.2 Å². The van der Waals surface area contributed by atoms with Crippen LogP contribution in [0.4, 0.5) is 0 Å². The molecular weight excluding hydrogens is 400 g/mol. The van der Waals surface area contributed by atoms with Gasteiger partial charge >= 0.3 is 11.9 Å². The van der Waals surface area contributed by atoms with Crippen molar-refractivity contribution < 1.29 is 28.6 Å². The van der Waals surface area contributed by atoms with Gasteiger partial charge in [-0.05, 0) is 18.4 Å². The molecule has 0 aliphatic rings. The largest absolute Gasteiger partial charge is 0.493 e. The maximum Gasteiger partial charge on any atom is 0.329 e. The molecular formula is C23H28N2O6. The summed E-state index contributed by atoms with van der Waals surface area (Å²) < 4.78 is 15.8. The number of nitrogens with one attached hydrogen (secondary N) is 1. The molecule has 2 rings (SSSR count). The number of methoxy groups -OCH3 is 1. The minimum absolute atomic E-state index is 0.108. The van der Waals surface area contributed by atoms with Crippen LogP contribution in [-0.4, -0.2) is 42.1 Å². The molecule has 8 nitrogen and oxygen atoms in total. The van der Waals surface area contributed by atoms with E-state index in [9.17, 15) is 14.4 Å². The second kappa shape index (κ2) is 11.1. The summed E-state index contributed by atoms with van der Waals surface area (Å²) in [6.07, 6.45) is 1.53. The van der Waals surface area contributed by atoms with Crippen LogP contribution in [0.2, 0.25) is 0 Å². The van der Waals surface area contributed by atoms with Gasteiger partial charge in [0, 0.05) is 25.6 Å². The van der Waals surface area contributed by atoms with Crippen LogP contribution in [0.5, 0.6) is 11.5 Å². The van der Waals surface area contributed by atoms with Crippen molar-refractivity contribution in [1.82, 2.24) is 10.3 Å². The summed E-state index contributed by atoms with van der Waals surface area (Å²) in [5, 5.41) is 2.64. The van der Waals surface area contributed by atoms with E-state index in [0.29, 0.717) is 6.42 Å². The molecule has 0 unspecified atom stereocenters. The fourth-order valence-electron chi connectivity index (χ4n) is 2.96. The molecule has 0 fully saturated rings. The van der Waals surface area contributed by atoms with Gasteiger partial charge in [-0.15, -0.1) is 0 Å². The van der Waals surface area contributed by atoms with Gasteiger partial charge in [-0.3, -0.25) is 9.59 Å². The van der Waals surface area contributed by atoms with Crippen molar-refractivity contribution in [2.45, 2.75) is 46.3 Å². The molecule has 166 valence electrons. The number of amides is 1. The number of rotatable bonds is 9. The lowest BCUT2D eigenvalue weighted by Crippen LogP contribution is -2.46. The summed E-state index contributed by atoms with van der Waals surface area (Å²) in [5.74, 6) is -2.04. The molecule has 1 N–H and O–H groups in total. The van der Waals surface area contributed by atoms with Crippen molar-refractivity contribution in [1.29, 1.82) is 0 Å². The molecule has 0 radical (unpaired) electrons. The minimum Gasteiger partial charge on any atom is -0.493 e. The first-order valence-corrected chi connectivity index (χ1v) is 9.99. The quantitative estimate of drug-likeness (QED) is 0.613. The second-order valence-corrected chi connectivity index (χ2v) is 7.42. The Labute approximate surface area is 181 Å². The number of benzene rings is 1. The van der Waals surface area contributed by atoms with Crippen LogP contribution >= 0.6 is 0 Å². The van der Waals surface area contributed by atoms with Gasteiger partial charge in [0.2, 0.25) is 5.75 Å². The Morgan fingerprint density at radius 3 is 2.32 bits per heavy atom. The zero-order valence-corrected chi connectivity index (χ0v) is 18.4. The van der Waals surface area contributed by atoms with E-state index in [1.807, 2.05) is 30.3 Å². The number of ether oxygens (including phenoxy) is 3. The summed E-state index contributed by atoms with van der Waals surface area (Å²) in [5.41, 5.74) is 0.880. The highest BCUT2D eigenvalue weighted by Crippen LogP contribution is 2.29. The predicted octanol–water partition coefficient (Wildman–Crippen LogP) is 2.94. The molecule has 0 saturated heterocycles. The number of aromatic nitrogens is 1. The van der Waals surface area contributed by atoms with Gasteiger partial charge in [0.25, 0.3) is 5.91 Å². The first-order valence-electron chi connectivity index (χ1n) is 9.99. The van der Waals surface area contributed by atoms with Gasteiger partial charge in [-0.2, -0.15) is 0 Å². The van der Waals surface area contributed by atoms with Crippen molar-refractivity contribution in [2.24, 2.45) is 5.92 Å². The van der Waals surface area contributed by atoms with Crippen molar-refractivity contribution >= 4 is 17.8 Å². The molecule has 31 heavy (non-hydrogen) atoms. The number of hydrogen-bond acceptors (Lipinski definition) is 7. The van der Waals surface area contributed by atoms with Crippen LogP contribution in [0.3, 0.4) is 0 Å². The number of nitrogens with zero attached hydrogens (tertiary/aromatic N) is 1. The van der Waals surface area contributed by atoms with Crippen molar-refractivity contribution in [3.63, 3.8) is 0 Å². The SMILES string of the molecule is COc1ccnc(C(=O)N[C@H](C(=O)O[C@@H](C)Cc2ccccc2)C(C)C)c1OC(C)=O. The number of carbonyl (C=O) groups is 3. The third-order valence-corrected chi connectivity index (χ3v) is 4.44. The molecule has 8 heteroatoms. The predicted molar refractivity (Wildman–Crippen MR) is 114 cm³/mol. The smallest absolute Gasteiger partial charge is 0.329 e. The van der Waals surface area contributed by atoms with E-state index in [0.717, 1.165) is 5.56 Å². The van der Waals surface area contributed by atoms with Crippen LogP contribution < -0.4 is 14.8 Å². The molecule has 0 bridgehead atoms. The van der Waals surface area contributed by atoms with Crippen LogP contribution in [0.1, 0.15) is 43.7 Å². The van der Waals surface area contributed by atoms with Gasteiger partial charge in [0.05, 0.1) is 7.11 Å². The highest BCUT2D eigenvalue weighted by Gasteiger charge is 2.30. The number of carbonyl (C=O) groups excluding carboxylic acids is 3. The molecule has 1 aromatic carbocycles. The maximum absolute atomic E-state index is 12.9. The lowest BCUT2D eigenvalue weighted by atomic mass is 10.0. The zero-order valence-electron chi connectivity index (χ0n) is 18.4. The third-order valence-electron chi connectivity index (χ3n) is 4.44. The van der Waals surface area contributed by atoms with Gasteiger partial charge < -0.3 is 19.5 Å². The molecule has 1 amide bonds. The molecule has 0 aliphatic heterocycles. The summed E-state index contributed by atoms with van der Waals surface area (Å²) >= 11 is 0. The van der Waals surface area contributed by atoms with E-state index in [1.165, 1.54) is 26.3 Å². The summed E-state index contributed by atoms with van der Waals surface area (Å²) in [4.78, 5) is 41.1. The van der Waals surface area contributed by atoms with Crippen LogP contribution in [0.25, 0.3) is 0 Å². The Morgan fingerprint density at radius 1 is 1.06 bits per heavy atom. The lowest BCUT2D eigenvalue weighted by Gasteiger charge is -2.23. The normalized spacial score (nSPS) is 12.6. The zero-order chi connectivity index (χ0) is 23.0. The fourth-order valence-corrected chi connectivity index (χ4v) is 2.96. The Bertz CT molecular complexity index is 914. The van der Waals surface area contributed by atoms with Crippen molar-refractivity contribution in [3.05, 3.63) is 53.9 Å². The van der Waals surface area contributed by atoms with E-state index in [-0.39, 0.29) is 29.2 Å². The Hall–Kier alpha value is -3.42. The molecule has 0 saturated carbocycles. The number of hydrogen-bond donors (Lipinski definition) is 1. The average Bonchev–Trinajstić information content (AvgIpc) is 2.71. The number of esters is 2. The summed E-state index contributed by atoms with van der Waals surface area (Å²) in [6.45, 7) is 6.59. The lowest BCUT2D eigenvalue weighted by molar-refractivity contribution is -0.151. The first kappa shape index (κ1) is 23.9. The standard InChI is InChI=1S/C23H28N2O6/c1-14(2)19(23(28)30-15(3)13-17-9-7-6-8-10-17)25-22(27)20-21(31-16(4)26)18(29-5)11-12-24-20/h6-12,14-15,19H,13H2,1-5H3,(H,25,27)/t15-,19-/m0/s1. The van der Waals surface area contributed by atoms with Crippen molar-refractivity contribution in [2.75, 3.05) is 7.11 Å². The Balaban J connectivity index is 2.15. The van der Waals surface area contributed by atoms with Gasteiger partial charge in [-0.25, -0.2) is 9.78 Å². The van der Waals surface area contributed by atoms with Gasteiger partial charge in [0.15, 0.2) is 11.4 Å². The Kier molecular flexibility index (Phi) is 8.54. The molecule has 0 aliphatic carbocycles. The van der Waals surface area contributed by atoms with E-state index in [2.05, 4.69) is 10.3 Å². The second-order valence-electron chi connectivity index (χ2n) is 7.42. The van der Waals surface area contributed by atoms with Crippen LogP contribution in [0.15, 0.2) is 42.6 Å². The molecule has 2 aromatic rings. The monoisotopic (exact) mass is 428 g/mol. The maximum atomic E-state index is 12.9. The fraction of sp³-hybridized carbons (Fsp3) is 0.391. The topological polar surface area (TPSA) is 104 Å². The van der Waals surface area contributed by atoms with Gasteiger partial charge in [0.1, 0.15) is 12.1 Å². The van der Waals surface area contributed by atoms with Crippen LogP contribution in [-0.2, 0) is 20.7 Å². The third kappa shape index (κ3) is 6.80. The summed E-state index contributed by atoms with van der Waals surface area (Å²) in [7, 11) is 1.38. The Morgan fingerprint density at radius 2 is 1.74 bits per heavy atom. The minimum atomic E-state index is -0.913. The first-order chi connectivity index (χ1) is 14.7. The molecule has 1 heterocycles. The van der Waals surface area contributed by atoms with Crippen LogP contribution in [0, 0.1) is 5.92 Å².